The van der Waals surface area contributed by atoms with E-state index in [0.29, 0.717) is 26.4 Å². The van der Waals surface area contributed by atoms with Gasteiger partial charge in [-0.15, -0.1) is 0 Å². The molecule has 0 unspecified atom stereocenters. The number of carbonyl (C=O) groups is 1. The van der Waals surface area contributed by atoms with Gasteiger partial charge in [0.15, 0.2) is 11.5 Å². The van der Waals surface area contributed by atoms with Crippen LogP contribution < -0.4 is 10.2 Å². The van der Waals surface area contributed by atoms with Gasteiger partial charge in [-0.2, -0.15) is 5.10 Å². The van der Waals surface area contributed by atoms with E-state index < -0.39 is 5.91 Å². The van der Waals surface area contributed by atoms with Crippen molar-refractivity contribution in [3.05, 3.63) is 56.5 Å². The Labute approximate surface area is 147 Å². The molecule has 0 spiro atoms. The normalized spacial score (nSPS) is 10.8. The van der Waals surface area contributed by atoms with Gasteiger partial charge >= 0.3 is 0 Å². The number of phenols is 1. The van der Waals surface area contributed by atoms with Crippen LogP contribution >= 0.6 is 27.5 Å². The zero-order chi connectivity index (χ0) is 17.0. The summed E-state index contributed by atoms with van der Waals surface area (Å²) >= 11 is 9.25. The molecule has 0 saturated carbocycles. The Morgan fingerprint density at radius 1 is 1.39 bits per heavy atom. The molecule has 120 valence electrons. The lowest BCUT2D eigenvalue weighted by atomic mass is 10.1. The summed E-state index contributed by atoms with van der Waals surface area (Å²) in [6.07, 6.45) is 1.44. The van der Waals surface area contributed by atoms with E-state index in [2.05, 4.69) is 26.5 Å². The molecule has 0 heterocycles. The molecule has 0 aliphatic carbocycles. The Balaban J connectivity index is 2.12. The highest BCUT2D eigenvalue weighted by atomic mass is 79.9. The van der Waals surface area contributed by atoms with Crippen molar-refractivity contribution < 1.29 is 14.6 Å². The number of halogens is 2. The van der Waals surface area contributed by atoms with Crippen molar-refractivity contribution in [3.63, 3.8) is 0 Å². The van der Waals surface area contributed by atoms with E-state index >= 15 is 0 Å². The summed E-state index contributed by atoms with van der Waals surface area (Å²) in [7, 11) is 1.45. The van der Waals surface area contributed by atoms with Gasteiger partial charge in [-0.1, -0.05) is 17.7 Å². The number of nitrogens with zero attached hydrogens (tertiary/aromatic N) is 1. The molecule has 2 aromatic rings. The molecule has 7 heteroatoms. The van der Waals surface area contributed by atoms with Crippen LogP contribution in [0.1, 0.15) is 21.5 Å². The van der Waals surface area contributed by atoms with Crippen LogP contribution in [0, 0.1) is 6.92 Å². The van der Waals surface area contributed by atoms with E-state index in [1.165, 1.54) is 13.3 Å². The number of carbonyl (C=O) groups excluding carboxylic acids is 1. The van der Waals surface area contributed by atoms with Crippen molar-refractivity contribution in [2.45, 2.75) is 6.92 Å². The molecule has 2 rings (SSSR count). The van der Waals surface area contributed by atoms with Crippen molar-refractivity contribution in [1.29, 1.82) is 0 Å². The number of ether oxygens (including phenoxy) is 1. The first-order valence-electron chi connectivity index (χ1n) is 6.58. The van der Waals surface area contributed by atoms with Gasteiger partial charge in [-0.25, -0.2) is 5.43 Å². The van der Waals surface area contributed by atoms with E-state index in [0.717, 1.165) is 5.56 Å². The third kappa shape index (κ3) is 4.24. The van der Waals surface area contributed by atoms with Crippen LogP contribution in [-0.2, 0) is 0 Å². The Morgan fingerprint density at radius 3 is 2.78 bits per heavy atom. The van der Waals surface area contributed by atoms with E-state index in [1.54, 1.807) is 30.3 Å². The summed E-state index contributed by atoms with van der Waals surface area (Å²) in [6.45, 7) is 1.89. The van der Waals surface area contributed by atoms with Crippen LogP contribution in [0.15, 0.2) is 39.9 Å². The van der Waals surface area contributed by atoms with E-state index in [1.807, 2.05) is 6.92 Å². The molecular weight excluding hydrogens is 384 g/mol. The van der Waals surface area contributed by atoms with Gasteiger partial charge in [-0.05, 0) is 58.2 Å². The number of hydrazone groups is 1. The van der Waals surface area contributed by atoms with Crippen molar-refractivity contribution in [1.82, 2.24) is 5.43 Å². The molecular formula is C16H14BrClN2O3. The van der Waals surface area contributed by atoms with Gasteiger partial charge in [0.1, 0.15) is 0 Å². The second-order valence-corrected chi connectivity index (χ2v) is 6.00. The summed E-state index contributed by atoms with van der Waals surface area (Å²) < 4.78 is 5.51. The van der Waals surface area contributed by atoms with E-state index in [-0.39, 0.29) is 5.75 Å². The number of aromatic hydroxyl groups is 1. The molecule has 1 amide bonds. The third-order valence-corrected chi connectivity index (χ3v) is 3.94. The monoisotopic (exact) mass is 396 g/mol. The first-order valence-corrected chi connectivity index (χ1v) is 7.75. The smallest absolute Gasteiger partial charge is 0.272 e. The first kappa shape index (κ1) is 17.3. The minimum Gasteiger partial charge on any atom is -0.503 e. The summed E-state index contributed by atoms with van der Waals surface area (Å²) in [5.74, 6) is -0.107. The van der Waals surface area contributed by atoms with Crippen LogP contribution in [0.4, 0.5) is 0 Å². The largest absolute Gasteiger partial charge is 0.503 e. The first-order chi connectivity index (χ1) is 10.9. The van der Waals surface area contributed by atoms with Crippen LogP contribution in [0.5, 0.6) is 11.5 Å². The maximum absolute atomic E-state index is 12.0. The molecule has 2 aromatic carbocycles. The number of aryl methyl sites for hydroxylation is 1. The molecule has 23 heavy (non-hydrogen) atoms. The number of benzene rings is 2. The second kappa shape index (κ2) is 7.48. The van der Waals surface area contributed by atoms with Crippen LogP contribution in [0.3, 0.4) is 0 Å². The fourth-order valence-electron chi connectivity index (χ4n) is 1.85. The maximum atomic E-state index is 12.0. The molecule has 0 radical (unpaired) electrons. The van der Waals surface area contributed by atoms with Gasteiger partial charge in [0.25, 0.3) is 5.91 Å². The van der Waals surface area contributed by atoms with Gasteiger partial charge in [0, 0.05) is 0 Å². The summed E-state index contributed by atoms with van der Waals surface area (Å²) in [5, 5.41) is 14.0. The standard InChI is InChI=1S/C16H14BrClN2O3/c1-9-3-4-11(13(18)5-9)16(22)20-19-8-10-6-12(17)15(21)14(7-10)23-2/h3-8,21H,1-2H3,(H,20,22). The lowest BCUT2D eigenvalue weighted by Gasteiger charge is -2.06. The highest BCUT2D eigenvalue weighted by Gasteiger charge is 2.10. The van der Waals surface area contributed by atoms with Crippen molar-refractivity contribution >= 4 is 39.7 Å². The Morgan fingerprint density at radius 2 is 2.13 bits per heavy atom. The number of rotatable bonds is 4. The molecule has 0 bridgehead atoms. The number of hydrogen-bond acceptors (Lipinski definition) is 4. The van der Waals surface area contributed by atoms with Crippen molar-refractivity contribution in [2.24, 2.45) is 5.10 Å². The lowest BCUT2D eigenvalue weighted by Crippen LogP contribution is -2.18. The highest BCUT2D eigenvalue weighted by molar-refractivity contribution is 9.10. The van der Waals surface area contributed by atoms with Gasteiger partial charge in [0.05, 0.1) is 28.4 Å². The van der Waals surface area contributed by atoms with Gasteiger partial charge in [-0.3, -0.25) is 4.79 Å². The minimum absolute atomic E-state index is 0.000114. The average Bonchev–Trinajstić information content (AvgIpc) is 2.50. The average molecular weight is 398 g/mol. The molecule has 2 N–H and O–H groups in total. The topological polar surface area (TPSA) is 70.9 Å². The predicted octanol–water partition coefficient (Wildman–Crippen LogP) is 3.89. The number of methoxy groups -OCH3 is 1. The van der Waals surface area contributed by atoms with E-state index in [4.69, 9.17) is 16.3 Å². The Bertz CT molecular complexity index is 778. The Hall–Kier alpha value is -2.05. The van der Waals surface area contributed by atoms with Crippen LogP contribution in [0.2, 0.25) is 5.02 Å². The SMILES string of the molecule is COc1cc(C=NNC(=O)c2ccc(C)cc2Cl)cc(Br)c1O. The fraction of sp³-hybridized carbons (Fsp3) is 0.125. The zero-order valence-electron chi connectivity index (χ0n) is 12.4. The van der Waals surface area contributed by atoms with E-state index in [9.17, 15) is 9.90 Å². The molecule has 0 saturated heterocycles. The molecule has 0 aliphatic rings. The fourth-order valence-corrected chi connectivity index (χ4v) is 2.63. The molecule has 0 aromatic heterocycles. The second-order valence-electron chi connectivity index (χ2n) is 4.74. The summed E-state index contributed by atoms with van der Waals surface area (Å²) in [6, 6.07) is 8.39. The Kier molecular flexibility index (Phi) is 5.63. The molecule has 0 aliphatic heterocycles. The highest BCUT2D eigenvalue weighted by Crippen LogP contribution is 2.34. The van der Waals surface area contributed by atoms with Gasteiger partial charge in [0.2, 0.25) is 0 Å². The molecule has 0 fully saturated rings. The van der Waals surface area contributed by atoms with Crippen LogP contribution in [-0.4, -0.2) is 24.3 Å². The number of nitrogens with one attached hydrogen (secondary N) is 1. The lowest BCUT2D eigenvalue weighted by molar-refractivity contribution is 0.0955. The van der Waals surface area contributed by atoms with Crippen molar-refractivity contribution in [3.8, 4) is 11.5 Å². The van der Waals surface area contributed by atoms with Crippen LogP contribution in [0.25, 0.3) is 0 Å². The predicted molar refractivity (Wildman–Crippen MR) is 93.6 cm³/mol. The molecule has 5 nitrogen and oxygen atoms in total. The minimum atomic E-state index is -0.406. The quantitative estimate of drug-likeness (QED) is 0.607. The molecule has 0 atom stereocenters. The zero-order valence-corrected chi connectivity index (χ0v) is 14.8. The summed E-state index contributed by atoms with van der Waals surface area (Å²) in [5.41, 5.74) is 4.36. The number of phenolic OH excluding ortho intramolecular Hbond substituents is 1. The van der Waals surface area contributed by atoms with Crippen molar-refractivity contribution in [2.75, 3.05) is 7.11 Å². The number of hydrogen-bond donors (Lipinski definition) is 2. The maximum Gasteiger partial charge on any atom is 0.272 e. The summed E-state index contributed by atoms with van der Waals surface area (Å²) in [4.78, 5) is 12.0. The van der Waals surface area contributed by atoms with Gasteiger partial charge < -0.3 is 9.84 Å². The number of amides is 1. The third-order valence-electron chi connectivity index (χ3n) is 3.02.